The number of rotatable bonds is 4. The van der Waals surface area contributed by atoms with Crippen LogP contribution in [0.4, 0.5) is 0 Å². The fourth-order valence-electron chi connectivity index (χ4n) is 2.31. The third-order valence-corrected chi connectivity index (χ3v) is 6.07. The first-order valence-electron chi connectivity index (χ1n) is 7.52. The highest BCUT2D eigenvalue weighted by Crippen LogP contribution is 2.13. The average Bonchev–Trinajstić information content (AvgIpc) is 2.89. The summed E-state index contributed by atoms with van der Waals surface area (Å²) in [6.45, 7) is 4.47. The molecule has 0 fully saturated rings. The van der Waals surface area contributed by atoms with Crippen LogP contribution in [-0.4, -0.2) is 13.0 Å². The van der Waals surface area contributed by atoms with E-state index in [1.165, 1.54) is 11.3 Å². The molecule has 0 spiro atoms. The van der Waals surface area contributed by atoms with Crippen LogP contribution in [0.3, 0.4) is 0 Å². The SMILES string of the molecule is Cc1ccc(S(=O)(=O)N=c2scc(C)n2Cc2ccccc2)cc1. The summed E-state index contributed by atoms with van der Waals surface area (Å²) in [4.78, 5) is 0.697. The van der Waals surface area contributed by atoms with Gasteiger partial charge in [0.25, 0.3) is 10.0 Å². The molecule has 0 N–H and O–H groups in total. The van der Waals surface area contributed by atoms with Crippen LogP contribution in [0.2, 0.25) is 0 Å². The zero-order valence-electron chi connectivity index (χ0n) is 13.5. The molecule has 0 aliphatic rings. The van der Waals surface area contributed by atoms with Crippen LogP contribution in [0.1, 0.15) is 16.8 Å². The molecular weight excluding hydrogens is 340 g/mol. The molecule has 24 heavy (non-hydrogen) atoms. The minimum absolute atomic E-state index is 0.213. The Labute approximate surface area is 145 Å². The Bertz CT molecular complexity index is 999. The molecule has 124 valence electrons. The van der Waals surface area contributed by atoms with Crippen molar-refractivity contribution in [2.24, 2.45) is 4.40 Å². The Kier molecular flexibility index (Phi) is 4.69. The molecule has 6 heteroatoms. The summed E-state index contributed by atoms with van der Waals surface area (Å²) in [7, 11) is -3.72. The van der Waals surface area contributed by atoms with Crippen molar-refractivity contribution in [3.8, 4) is 0 Å². The van der Waals surface area contributed by atoms with Crippen LogP contribution in [0.25, 0.3) is 0 Å². The van der Waals surface area contributed by atoms with E-state index in [4.69, 9.17) is 0 Å². The summed E-state index contributed by atoms with van der Waals surface area (Å²) in [5, 5.41) is 1.92. The minimum atomic E-state index is -3.72. The summed E-state index contributed by atoms with van der Waals surface area (Å²) in [5.41, 5.74) is 3.11. The molecule has 2 aromatic carbocycles. The van der Waals surface area contributed by atoms with E-state index < -0.39 is 10.0 Å². The highest BCUT2D eigenvalue weighted by molar-refractivity contribution is 7.90. The van der Waals surface area contributed by atoms with Crippen molar-refractivity contribution >= 4 is 21.4 Å². The standard InChI is InChI=1S/C18H18N2O2S2/c1-14-8-10-17(11-9-14)24(21,22)19-18-20(15(2)13-23-18)12-16-6-4-3-5-7-16/h3-11,13H,12H2,1-2H3. The van der Waals surface area contributed by atoms with Gasteiger partial charge in [-0.05, 0) is 31.5 Å². The van der Waals surface area contributed by atoms with Crippen LogP contribution >= 0.6 is 11.3 Å². The molecular formula is C18H18N2O2S2. The molecule has 0 saturated carbocycles. The van der Waals surface area contributed by atoms with Crippen molar-refractivity contribution in [3.05, 3.63) is 81.6 Å². The number of aromatic nitrogens is 1. The van der Waals surface area contributed by atoms with E-state index in [9.17, 15) is 8.42 Å². The molecule has 0 bridgehead atoms. The van der Waals surface area contributed by atoms with E-state index in [0.29, 0.717) is 11.3 Å². The summed E-state index contributed by atoms with van der Waals surface area (Å²) in [6, 6.07) is 16.7. The lowest BCUT2D eigenvalue weighted by molar-refractivity contribution is 0.595. The number of benzene rings is 2. The van der Waals surface area contributed by atoms with Gasteiger partial charge in [0.1, 0.15) is 0 Å². The van der Waals surface area contributed by atoms with Gasteiger partial charge >= 0.3 is 0 Å². The summed E-state index contributed by atoms with van der Waals surface area (Å²) >= 11 is 1.34. The van der Waals surface area contributed by atoms with Crippen molar-refractivity contribution in [3.63, 3.8) is 0 Å². The monoisotopic (exact) mass is 358 g/mol. The third kappa shape index (κ3) is 3.66. The molecule has 3 aromatic rings. The molecule has 3 rings (SSSR count). The van der Waals surface area contributed by atoms with E-state index in [1.54, 1.807) is 24.3 Å². The van der Waals surface area contributed by atoms with Crippen LogP contribution in [-0.2, 0) is 16.6 Å². The Morgan fingerprint density at radius 2 is 1.67 bits per heavy atom. The van der Waals surface area contributed by atoms with E-state index in [-0.39, 0.29) is 4.90 Å². The fourth-order valence-corrected chi connectivity index (χ4v) is 4.41. The normalized spacial score (nSPS) is 12.5. The summed E-state index contributed by atoms with van der Waals surface area (Å²) < 4.78 is 31.1. The maximum Gasteiger partial charge on any atom is 0.285 e. The van der Waals surface area contributed by atoms with Crippen molar-refractivity contribution in [1.29, 1.82) is 0 Å². The first-order chi connectivity index (χ1) is 11.5. The van der Waals surface area contributed by atoms with Crippen LogP contribution < -0.4 is 4.80 Å². The van der Waals surface area contributed by atoms with Crippen molar-refractivity contribution in [2.45, 2.75) is 25.3 Å². The van der Waals surface area contributed by atoms with Crippen molar-refractivity contribution < 1.29 is 8.42 Å². The Hall–Kier alpha value is -2.18. The second kappa shape index (κ2) is 6.75. The van der Waals surface area contributed by atoms with Gasteiger partial charge in [0.05, 0.1) is 11.4 Å². The molecule has 0 radical (unpaired) electrons. The van der Waals surface area contributed by atoms with Gasteiger partial charge in [-0.3, -0.25) is 0 Å². The summed E-state index contributed by atoms with van der Waals surface area (Å²) in [6.07, 6.45) is 0. The lowest BCUT2D eigenvalue weighted by atomic mass is 10.2. The van der Waals surface area contributed by atoms with Gasteiger partial charge in [0.2, 0.25) is 4.80 Å². The molecule has 1 aromatic heterocycles. The molecule has 0 amide bonds. The maximum absolute atomic E-state index is 12.6. The van der Waals surface area contributed by atoms with E-state index >= 15 is 0 Å². The Morgan fingerprint density at radius 3 is 2.33 bits per heavy atom. The lowest BCUT2D eigenvalue weighted by Crippen LogP contribution is -2.19. The van der Waals surface area contributed by atoms with E-state index in [2.05, 4.69) is 4.40 Å². The van der Waals surface area contributed by atoms with Gasteiger partial charge in [-0.2, -0.15) is 8.42 Å². The van der Waals surface area contributed by atoms with E-state index in [0.717, 1.165) is 16.8 Å². The molecule has 0 atom stereocenters. The molecule has 0 aliphatic heterocycles. The van der Waals surface area contributed by atoms with Gasteiger partial charge in [-0.15, -0.1) is 15.7 Å². The smallest absolute Gasteiger partial charge is 0.285 e. The second-order valence-electron chi connectivity index (χ2n) is 5.61. The first-order valence-corrected chi connectivity index (χ1v) is 9.84. The van der Waals surface area contributed by atoms with Gasteiger partial charge in [-0.1, -0.05) is 48.0 Å². The number of thiazole rings is 1. The molecule has 4 nitrogen and oxygen atoms in total. The molecule has 0 unspecified atom stereocenters. The van der Waals surface area contributed by atoms with Crippen molar-refractivity contribution in [1.82, 2.24) is 4.57 Å². The van der Waals surface area contributed by atoms with Gasteiger partial charge in [0.15, 0.2) is 0 Å². The maximum atomic E-state index is 12.6. The lowest BCUT2D eigenvalue weighted by Gasteiger charge is -2.06. The Morgan fingerprint density at radius 1 is 1.00 bits per heavy atom. The van der Waals surface area contributed by atoms with Crippen LogP contribution in [0, 0.1) is 13.8 Å². The number of nitrogens with zero attached hydrogens (tertiary/aromatic N) is 2. The highest BCUT2D eigenvalue weighted by Gasteiger charge is 2.13. The fraction of sp³-hybridized carbons (Fsp3) is 0.167. The average molecular weight is 358 g/mol. The number of hydrogen-bond acceptors (Lipinski definition) is 3. The second-order valence-corrected chi connectivity index (χ2v) is 8.05. The molecule has 1 heterocycles. The zero-order valence-corrected chi connectivity index (χ0v) is 15.1. The highest BCUT2D eigenvalue weighted by atomic mass is 32.2. The van der Waals surface area contributed by atoms with Gasteiger partial charge in [-0.25, -0.2) is 0 Å². The summed E-state index contributed by atoms with van der Waals surface area (Å²) in [5.74, 6) is 0. The topological polar surface area (TPSA) is 51.4 Å². The predicted molar refractivity (Wildman–Crippen MR) is 96.5 cm³/mol. The van der Waals surface area contributed by atoms with Crippen LogP contribution in [0.15, 0.2) is 69.3 Å². The number of sulfonamides is 1. The minimum Gasteiger partial charge on any atom is -0.316 e. The van der Waals surface area contributed by atoms with E-state index in [1.807, 2.05) is 54.1 Å². The number of aryl methyl sites for hydroxylation is 2. The Balaban J connectivity index is 2.03. The molecule has 0 aliphatic carbocycles. The first kappa shape index (κ1) is 16.7. The number of hydrogen-bond donors (Lipinski definition) is 0. The predicted octanol–water partition coefficient (Wildman–Crippen LogP) is 3.50. The third-order valence-electron chi connectivity index (χ3n) is 3.69. The largest absolute Gasteiger partial charge is 0.316 e. The van der Waals surface area contributed by atoms with Gasteiger partial charge < -0.3 is 4.57 Å². The van der Waals surface area contributed by atoms with Crippen molar-refractivity contribution in [2.75, 3.05) is 0 Å². The molecule has 0 saturated heterocycles. The van der Waals surface area contributed by atoms with Gasteiger partial charge in [0, 0.05) is 11.1 Å². The zero-order chi connectivity index (χ0) is 17.2. The van der Waals surface area contributed by atoms with Crippen LogP contribution in [0.5, 0.6) is 0 Å². The quantitative estimate of drug-likeness (QED) is 0.717.